The summed E-state index contributed by atoms with van der Waals surface area (Å²) in [4.78, 5) is 26.6. The third-order valence-electron chi connectivity index (χ3n) is 5.84. The van der Waals surface area contributed by atoms with Gasteiger partial charge in [-0.25, -0.2) is 9.97 Å². The number of hydrogen-bond acceptors (Lipinski definition) is 8. The first-order chi connectivity index (χ1) is 17.0. The monoisotopic (exact) mass is 478 g/mol. The number of anilines is 1. The minimum atomic E-state index is -0.146. The number of morpholine rings is 1. The SMILES string of the molecule is COc1cc(-c2ncc(C(=O)N(C)Cc3ccccc3)c(N3CCOCC3)n2)cc(OC)c1OC. The molecule has 184 valence electrons. The predicted molar refractivity (Wildman–Crippen MR) is 132 cm³/mol. The molecule has 0 unspecified atom stereocenters. The molecule has 2 heterocycles. The van der Waals surface area contributed by atoms with Crippen LogP contribution in [0.1, 0.15) is 15.9 Å². The summed E-state index contributed by atoms with van der Waals surface area (Å²) in [6.07, 6.45) is 1.60. The summed E-state index contributed by atoms with van der Waals surface area (Å²) in [5.74, 6) is 2.38. The molecule has 2 aromatic carbocycles. The van der Waals surface area contributed by atoms with Gasteiger partial charge in [0.1, 0.15) is 11.4 Å². The Hall–Kier alpha value is -3.85. The Kier molecular flexibility index (Phi) is 7.67. The van der Waals surface area contributed by atoms with Gasteiger partial charge in [-0.2, -0.15) is 0 Å². The van der Waals surface area contributed by atoms with E-state index in [-0.39, 0.29) is 5.91 Å². The molecule has 1 aliphatic rings. The van der Waals surface area contributed by atoms with Crippen molar-refractivity contribution in [3.63, 3.8) is 0 Å². The minimum Gasteiger partial charge on any atom is -0.493 e. The number of rotatable bonds is 8. The van der Waals surface area contributed by atoms with E-state index in [1.807, 2.05) is 30.3 Å². The van der Waals surface area contributed by atoms with Gasteiger partial charge in [0, 0.05) is 38.4 Å². The molecule has 3 aromatic rings. The minimum absolute atomic E-state index is 0.146. The van der Waals surface area contributed by atoms with Crippen LogP contribution in [0.15, 0.2) is 48.7 Å². The van der Waals surface area contributed by atoms with E-state index in [0.717, 1.165) is 5.56 Å². The number of nitrogens with zero attached hydrogens (tertiary/aromatic N) is 4. The molecular weight excluding hydrogens is 448 g/mol. The lowest BCUT2D eigenvalue weighted by Gasteiger charge is -2.30. The van der Waals surface area contributed by atoms with E-state index in [2.05, 4.69) is 9.88 Å². The Morgan fingerprint density at radius 1 is 1.03 bits per heavy atom. The lowest BCUT2D eigenvalue weighted by Crippen LogP contribution is -2.39. The van der Waals surface area contributed by atoms with Crippen molar-refractivity contribution in [2.45, 2.75) is 6.54 Å². The molecule has 9 heteroatoms. The quantitative estimate of drug-likeness (QED) is 0.488. The molecule has 1 aliphatic heterocycles. The van der Waals surface area contributed by atoms with Crippen LogP contribution in [0.2, 0.25) is 0 Å². The van der Waals surface area contributed by atoms with E-state index in [1.54, 1.807) is 51.6 Å². The lowest BCUT2D eigenvalue weighted by atomic mass is 10.1. The third kappa shape index (κ3) is 5.30. The summed E-state index contributed by atoms with van der Waals surface area (Å²) in [6.45, 7) is 2.88. The fraction of sp³-hybridized carbons (Fsp3) is 0.346. The zero-order chi connectivity index (χ0) is 24.8. The van der Waals surface area contributed by atoms with Gasteiger partial charge in [-0.15, -0.1) is 0 Å². The molecule has 0 aliphatic carbocycles. The number of aromatic nitrogens is 2. The summed E-state index contributed by atoms with van der Waals surface area (Å²) in [6, 6.07) is 13.5. The summed E-state index contributed by atoms with van der Waals surface area (Å²) in [5.41, 5.74) is 2.18. The molecule has 0 saturated carbocycles. The second-order valence-corrected chi connectivity index (χ2v) is 8.09. The summed E-state index contributed by atoms with van der Waals surface area (Å²) >= 11 is 0. The predicted octanol–water partition coefficient (Wildman–Crippen LogP) is 3.28. The molecule has 0 atom stereocenters. The summed E-state index contributed by atoms with van der Waals surface area (Å²) in [7, 11) is 6.46. The maximum atomic E-state index is 13.5. The number of carbonyl (C=O) groups is 1. The van der Waals surface area contributed by atoms with Crippen LogP contribution >= 0.6 is 0 Å². The molecule has 1 saturated heterocycles. The fourth-order valence-corrected chi connectivity index (χ4v) is 4.02. The van der Waals surface area contributed by atoms with Crippen LogP contribution in [0.3, 0.4) is 0 Å². The second kappa shape index (κ2) is 11.1. The molecule has 1 amide bonds. The fourth-order valence-electron chi connectivity index (χ4n) is 4.02. The number of amides is 1. The number of ether oxygens (including phenoxy) is 4. The first kappa shape index (κ1) is 24.3. The van der Waals surface area contributed by atoms with E-state index in [1.165, 1.54) is 0 Å². The Bertz CT molecular complexity index is 1140. The van der Waals surface area contributed by atoms with Crippen molar-refractivity contribution in [2.75, 3.05) is 59.6 Å². The highest BCUT2D eigenvalue weighted by molar-refractivity contribution is 5.98. The van der Waals surface area contributed by atoms with Gasteiger partial charge < -0.3 is 28.7 Å². The van der Waals surface area contributed by atoms with Crippen molar-refractivity contribution in [1.29, 1.82) is 0 Å². The van der Waals surface area contributed by atoms with Gasteiger partial charge in [-0.05, 0) is 17.7 Å². The van der Waals surface area contributed by atoms with Gasteiger partial charge in [-0.3, -0.25) is 4.79 Å². The van der Waals surface area contributed by atoms with Crippen molar-refractivity contribution < 1.29 is 23.7 Å². The largest absolute Gasteiger partial charge is 0.493 e. The van der Waals surface area contributed by atoms with Crippen molar-refractivity contribution >= 4 is 11.7 Å². The molecule has 9 nitrogen and oxygen atoms in total. The van der Waals surface area contributed by atoms with Gasteiger partial charge in [0.2, 0.25) is 5.75 Å². The highest BCUT2D eigenvalue weighted by Crippen LogP contribution is 2.40. The Labute approximate surface area is 205 Å². The molecule has 0 bridgehead atoms. The Balaban J connectivity index is 1.73. The molecule has 35 heavy (non-hydrogen) atoms. The maximum Gasteiger partial charge on any atom is 0.259 e. The first-order valence-electron chi connectivity index (χ1n) is 11.3. The molecule has 1 aromatic heterocycles. The van der Waals surface area contributed by atoms with Gasteiger partial charge in [0.05, 0.1) is 34.5 Å². The van der Waals surface area contributed by atoms with Gasteiger partial charge in [0.15, 0.2) is 17.3 Å². The van der Waals surface area contributed by atoms with Crippen LogP contribution < -0.4 is 19.1 Å². The maximum absolute atomic E-state index is 13.5. The zero-order valence-corrected chi connectivity index (χ0v) is 20.5. The van der Waals surface area contributed by atoms with Crippen molar-refractivity contribution in [2.24, 2.45) is 0 Å². The van der Waals surface area contributed by atoms with Gasteiger partial charge >= 0.3 is 0 Å². The van der Waals surface area contributed by atoms with Crippen LogP contribution in [0.5, 0.6) is 17.2 Å². The highest BCUT2D eigenvalue weighted by Gasteiger charge is 2.25. The zero-order valence-electron chi connectivity index (χ0n) is 20.5. The van der Waals surface area contributed by atoms with Crippen molar-refractivity contribution in [3.8, 4) is 28.6 Å². The van der Waals surface area contributed by atoms with Crippen LogP contribution in [-0.2, 0) is 11.3 Å². The molecule has 4 rings (SSSR count). The average molecular weight is 479 g/mol. The number of hydrogen-bond donors (Lipinski definition) is 0. The standard InChI is InChI=1S/C26H30N4O5/c1-29(17-18-8-6-5-7-9-18)26(31)20-16-27-24(28-25(20)30-10-12-35-13-11-30)19-14-21(32-2)23(34-4)22(15-19)33-3/h5-9,14-16H,10-13,17H2,1-4H3. The van der Waals surface area contributed by atoms with E-state index >= 15 is 0 Å². The lowest BCUT2D eigenvalue weighted by molar-refractivity contribution is 0.0783. The van der Waals surface area contributed by atoms with Crippen LogP contribution in [-0.4, -0.2) is 75.5 Å². The van der Waals surface area contributed by atoms with Gasteiger partial charge in [-0.1, -0.05) is 30.3 Å². The van der Waals surface area contributed by atoms with E-state index in [9.17, 15) is 4.79 Å². The van der Waals surface area contributed by atoms with E-state index in [0.29, 0.717) is 72.9 Å². The Morgan fingerprint density at radius 3 is 2.29 bits per heavy atom. The average Bonchev–Trinajstić information content (AvgIpc) is 2.92. The summed E-state index contributed by atoms with van der Waals surface area (Å²) in [5, 5.41) is 0. The molecular formula is C26H30N4O5. The Morgan fingerprint density at radius 2 is 1.69 bits per heavy atom. The van der Waals surface area contributed by atoms with Crippen LogP contribution in [0, 0.1) is 0 Å². The number of methoxy groups -OCH3 is 3. The van der Waals surface area contributed by atoms with Crippen LogP contribution in [0.4, 0.5) is 5.82 Å². The smallest absolute Gasteiger partial charge is 0.259 e. The molecule has 0 radical (unpaired) electrons. The van der Waals surface area contributed by atoms with Crippen molar-refractivity contribution in [3.05, 3.63) is 59.8 Å². The van der Waals surface area contributed by atoms with Gasteiger partial charge in [0.25, 0.3) is 5.91 Å². The molecule has 0 N–H and O–H groups in total. The number of benzene rings is 2. The normalized spacial score (nSPS) is 13.3. The summed E-state index contributed by atoms with van der Waals surface area (Å²) < 4.78 is 21.9. The highest BCUT2D eigenvalue weighted by atomic mass is 16.5. The van der Waals surface area contributed by atoms with Crippen molar-refractivity contribution in [1.82, 2.24) is 14.9 Å². The third-order valence-corrected chi connectivity index (χ3v) is 5.84. The van der Waals surface area contributed by atoms with E-state index in [4.69, 9.17) is 23.9 Å². The molecule has 1 fully saturated rings. The molecule has 0 spiro atoms. The van der Waals surface area contributed by atoms with E-state index < -0.39 is 0 Å². The topological polar surface area (TPSA) is 86.3 Å². The van der Waals surface area contributed by atoms with Crippen LogP contribution in [0.25, 0.3) is 11.4 Å². The number of carbonyl (C=O) groups excluding carboxylic acids is 1. The second-order valence-electron chi connectivity index (χ2n) is 8.09. The first-order valence-corrected chi connectivity index (χ1v) is 11.3.